The molecule has 0 N–H and O–H groups in total. The zero-order valence-corrected chi connectivity index (χ0v) is 5.37. The maximum absolute atomic E-state index is 3.61. The molecule has 0 rings (SSSR count). The number of allylic oxidation sites excluding steroid dienone is 1. The smallest absolute Gasteiger partial charge is 0.0196 e. The third-order valence-corrected chi connectivity index (χ3v) is 1.72. The van der Waals surface area contributed by atoms with Gasteiger partial charge in [-0.3, -0.25) is 0 Å². The second-order valence-electron chi connectivity index (χ2n) is 1.15. The molecule has 0 radical (unpaired) electrons. The molecule has 1 atom stereocenters. The Morgan fingerprint density at radius 2 is 2.00 bits per heavy atom. The van der Waals surface area contributed by atoms with Crippen molar-refractivity contribution in [3.8, 4) is 0 Å². The molecular formula is C6H10S. The van der Waals surface area contributed by atoms with Crippen LogP contribution >= 0.6 is 10.5 Å². The van der Waals surface area contributed by atoms with Crippen LogP contribution in [0.4, 0.5) is 0 Å². The van der Waals surface area contributed by atoms with E-state index in [-0.39, 0.29) is 10.5 Å². The van der Waals surface area contributed by atoms with Crippen molar-refractivity contribution in [3.63, 3.8) is 0 Å². The van der Waals surface area contributed by atoms with Crippen LogP contribution in [0.15, 0.2) is 24.6 Å². The Balaban J connectivity index is 3.72. The first-order chi connectivity index (χ1) is 3.31. The fourth-order valence-electron chi connectivity index (χ4n) is 0.207. The summed E-state index contributed by atoms with van der Waals surface area (Å²) in [6, 6.07) is 0. The van der Waals surface area contributed by atoms with Crippen LogP contribution in [0, 0.1) is 0 Å². The van der Waals surface area contributed by atoms with Gasteiger partial charge in [0.15, 0.2) is 0 Å². The topological polar surface area (TPSA) is 0 Å². The Morgan fingerprint density at radius 3 is 2.14 bits per heavy atom. The molecule has 0 spiro atoms. The van der Waals surface area contributed by atoms with Gasteiger partial charge >= 0.3 is 0 Å². The minimum Gasteiger partial charge on any atom is -0.166 e. The van der Waals surface area contributed by atoms with Crippen LogP contribution in [-0.2, 0) is 0 Å². The van der Waals surface area contributed by atoms with Gasteiger partial charge in [-0.05, 0) is 17.0 Å². The lowest BCUT2D eigenvalue weighted by Crippen LogP contribution is -1.58. The highest BCUT2D eigenvalue weighted by Crippen LogP contribution is 2.02. The van der Waals surface area contributed by atoms with Crippen molar-refractivity contribution in [3.05, 3.63) is 24.6 Å². The zero-order chi connectivity index (χ0) is 5.70. The van der Waals surface area contributed by atoms with E-state index in [1.54, 1.807) is 6.08 Å². The maximum Gasteiger partial charge on any atom is -0.0196 e. The molecule has 0 fully saturated rings. The molecule has 0 saturated carbocycles. The molecule has 0 bridgehead atoms. The molecule has 0 aromatic heterocycles. The van der Waals surface area contributed by atoms with Crippen LogP contribution in [0.3, 0.4) is 0 Å². The van der Waals surface area contributed by atoms with Gasteiger partial charge in [-0.1, -0.05) is 19.2 Å². The average Bonchev–Trinajstić information content (AvgIpc) is 1.68. The van der Waals surface area contributed by atoms with Gasteiger partial charge in [0.05, 0.1) is 0 Å². The van der Waals surface area contributed by atoms with Crippen LogP contribution in [0.25, 0.3) is 0 Å². The van der Waals surface area contributed by atoms with Gasteiger partial charge in [0, 0.05) is 0 Å². The molecule has 0 aliphatic heterocycles. The number of hydrogen-bond acceptors (Lipinski definition) is 0. The Labute approximate surface area is 47.5 Å². The molecule has 0 amide bonds. The second-order valence-corrected chi connectivity index (χ2v) is 2.97. The molecule has 0 aromatic rings. The standard InChI is InChI=1S/C6H10S/c1-4-6-7(3)5-2/h4-6H,1-2H2,3H3. The molecule has 0 aliphatic rings. The second kappa shape index (κ2) is 3.88. The monoisotopic (exact) mass is 114 g/mol. The first kappa shape index (κ1) is 6.70. The number of hydrogen-bond donors (Lipinski definition) is 0. The van der Waals surface area contributed by atoms with E-state index in [1.165, 1.54) is 0 Å². The fourth-order valence-corrected chi connectivity index (χ4v) is 0.622. The summed E-state index contributed by atoms with van der Waals surface area (Å²) in [6.07, 6.45) is 3.89. The van der Waals surface area contributed by atoms with Gasteiger partial charge in [-0.2, -0.15) is 10.5 Å². The minimum atomic E-state index is 0.244. The maximum atomic E-state index is 3.61. The van der Waals surface area contributed by atoms with Crippen LogP contribution in [0.5, 0.6) is 0 Å². The first-order valence-electron chi connectivity index (χ1n) is 2.03. The summed E-state index contributed by atoms with van der Waals surface area (Å²) in [4.78, 5) is 0. The molecule has 7 heavy (non-hydrogen) atoms. The van der Waals surface area contributed by atoms with Crippen molar-refractivity contribution in [1.29, 1.82) is 0 Å². The highest BCUT2D eigenvalue weighted by molar-refractivity contribution is 8.17. The quantitative estimate of drug-likeness (QED) is 0.380. The van der Waals surface area contributed by atoms with Crippen LogP contribution < -0.4 is 0 Å². The fraction of sp³-hybridized carbons (Fsp3) is 0.167. The van der Waals surface area contributed by atoms with E-state index in [0.29, 0.717) is 0 Å². The molecule has 1 heteroatoms. The first-order valence-corrected chi connectivity index (χ1v) is 3.79. The summed E-state index contributed by atoms with van der Waals surface area (Å²) >= 11 is 0. The van der Waals surface area contributed by atoms with Gasteiger partial charge in [0.25, 0.3) is 0 Å². The summed E-state index contributed by atoms with van der Waals surface area (Å²) < 4.78 is 0. The van der Waals surface area contributed by atoms with E-state index >= 15 is 0 Å². The van der Waals surface area contributed by atoms with Crippen LogP contribution in [-0.4, -0.2) is 11.6 Å². The third-order valence-electron chi connectivity index (χ3n) is 0.574. The van der Waals surface area contributed by atoms with E-state index in [4.69, 9.17) is 0 Å². The van der Waals surface area contributed by atoms with Crippen molar-refractivity contribution in [1.82, 2.24) is 0 Å². The van der Waals surface area contributed by atoms with Crippen molar-refractivity contribution >= 4 is 15.9 Å². The summed E-state index contributed by atoms with van der Waals surface area (Å²) in [5.41, 5.74) is 0. The van der Waals surface area contributed by atoms with Gasteiger partial charge in [0.1, 0.15) is 0 Å². The molecule has 0 nitrogen and oxygen atoms in total. The Kier molecular flexibility index (Phi) is 3.71. The Hall–Kier alpha value is -0.300. The molecule has 0 saturated heterocycles. The highest BCUT2D eigenvalue weighted by Gasteiger charge is 1.65. The number of rotatable bonds is 2. The lowest BCUT2D eigenvalue weighted by Gasteiger charge is -1.83. The molecule has 0 heterocycles. The van der Waals surface area contributed by atoms with Crippen LogP contribution in [0.1, 0.15) is 0 Å². The van der Waals surface area contributed by atoms with E-state index in [0.717, 1.165) is 0 Å². The largest absolute Gasteiger partial charge is 0.166 e. The highest BCUT2D eigenvalue weighted by atomic mass is 32.2. The molecular weight excluding hydrogens is 104 g/mol. The summed E-state index contributed by atoms with van der Waals surface area (Å²) in [5, 5.41) is 3.93. The minimum absolute atomic E-state index is 0.244. The molecule has 0 aromatic carbocycles. The van der Waals surface area contributed by atoms with Crippen molar-refractivity contribution in [2.75, 3.05) is 6.26 Å². The Morgan fingerprint density at radius 1 is 1.43 bits per heavy atom. The van der Waals surface area contributed by atoms with E-state index in [2.05, 4.69) is 19.4 Å². The summed E-state index contributed by atoms with van der Waals surface area (Å²) in [6.45, 7) is 7.16. The third kappa shape index (κ3) is 3.53. The van der Waals surface area contributed by atoms with Gasteiger partial charge < -0.3 is 0 Å². The van der Waals surface area contributed by atoms with Crippen molar-refractivity contribution in [2.45, 2.75) is 0 Å². The average molecular weight is 114 g/mol. The van der Waals surface area contributed by atoms with E-state index < -0.39 is 0 Å². The summed E-state index contributed by atoms with van der Waals surface area (Å²) in [7, 11) is 0.244. The molecule has 40 valence electrons. The van der Waals surface area contributed by atoms with Gasteiger partial charge in [-0.15, -0.1) is 0 Å². The SMILES string of the molecule is C=C/C=S(/C)C=C. The van der Waals surface area contributed by atoms with Gasteiger partial charge in [0.2, 0.25) is 0 Å². The predicted molar refractivity (Wildman–Crippen MR) is 40.0 cm³/mol. The Bertz CT molecular complexity index is 101. The van der Waals surface area contributed by atoms with E-state index in [1.807, 2.05) is 10.8 Å². The lowest BCUT2D eigenvalue weighted by atomic mass is 10.8. The molecule has 1 unspecified atom stereocenters. The normalized spacial score (nSPS) is 13.3. The van der Waals surface area contributed by atoms with Gasteiger partial charge in [-0.25, -0.2) is 0 Å². The lowest BCUT2D eigenvalue weighted by molar-refractivity contribution is 2.43. The van der Waals surface area contributed by atoms with Crippen molar-refractivity contribution < 1.29 is 0 Å². The molecule has 0 aliphatic carbocycles. The zero-order valence-electron chi connectivity index (χ0n) is 4.55. The van der Waals surface area contributed by atoms with Crippen LogP contribution in [0.2, 0.25) is 0 Å². The predicted octanol–water partition coefficient (Wildman–Crippen LogP) is 2.02. The van der Waals surface area contributed by atoms with E-state index in [9.17, 15) is 0 Å². The van der Waals surface area contributed by atoms with Crippen molar-refractivity contribution in [2.24, 2.45) is 0 Å². The summed E-state index contributed by atoms with van der Waals surface area (Å²) in [5.74, 6) is 0.